The lowest BCUT2D eigenvalue weighted by atomic mass is 10.1. The second kappa shape index (κ2) is 9.69. The van der Waals surface area contributed by atoms with Gasteiger partial charge in [0.05, 0.1) is 5.71 Å². The summed E-state index contributed by atoms with van der Waals surface area (Å²) in [6.07, 6.45) is 0. The van der Waals surface area contributed by atoms with Gasteiger partial charge in [-0.05, 0) is 48.9 Å². The van der Waals surface area contributed by atoms with Gasteiger partial charge in [-0.2, -0.15) is 20.1 Å². The third-order valence-corrected chi connectivity index (χ3v) is 4.53. The average molecular weight is 430 g/mol. The summed E-state index contributed by atoms with van der Waals surface area (Å²) >= 11 is 5.96. The van der Waals surface area contributed by atoms with E-state index in [1.165, 1.54) is 0 Å². The molecule has 4 aromatic rings. The molecule has 8 heteroatoms. The van der Waals surface area contributed by atoms with Crippen molar-refractivity contribution in [3.8, 4) is 0 Å². The molecule has 0 atom stereocenters. The van der Waals surface area contributed by atoms with E-state index in [4.69, 9.17) is 11.6 Å². The van der Waals surface area contributed by atoms with Crippen LogP contribution in [-0.2, 0) is 0 Å². The first-order chi connectivity index (χ1) is 15.2. The minimum absolute atomic E-state index is 0.306. The Morgan fingerprint density at radius 1 is 0.677 bits per heavy atom. The molecular formula is C23H20ClN7. The third kappa shape index (κ3) is 5.77. The van der Waals surface area contributed by atoms with Crippen molar-refractivity contribution < 1.29 is 0 Å². The molecule has 0 aliphatic rings. The molecule has 1 aromatic heterocycles. The van der Waals surface area contributed by atoms with Gasteiger partial charge in [-0.25, -0.2) is 5.43 Å². The smallest absolute Gasteiger partial charge is 0.250 e. The average Bonchev–Trinajstić information content (AvgIpc) is 2.79. The summed E-state index contributed by atoms with van der Waals surface area (Å²) in [6, 6.07) is 26.8. The van der Waals surface area contributed by atoms with Gasteiger partial charge in [-0.1, -0.05) is 60.1 Å². The summed E-state index contributed by atoms with van der Waals surface area (Å²) in [4.78, 5) is 13.3. The molecule has 0 saturated carbocycles. The molecule has 0 unspecified atom stereocenters. The van der Waals surface area contributed by atoms with Gasteiger partial charge in [0.15, 0.2) is 0 Å². The normalized spacial score (nSPS) is 11.1. The summed E-state index contributed by atoms with van der Waals surface area (Å²) in [7, 11) is 0. The highest BCUT2D eigenvalue weighted by Crippen LogP contribution is 2.18. The zero-order valence-electron chi connectivity index (χ0n) is 16.7. The maximum absolute atomic E-state index is 5.96. The van der Waals surface area contributed by atoms with Crippen LogP contribution in [0.15, 0.2) is 90.0 Å². The molecule has 4 rings (SSSR count). The van der Waals surface area contributed by atoms with Crippen LogP contribution in [0.3, 0.4) is 0 Å². The van der Waals surface area contributed by atoms with Crippen molar-refractivity contribution in [1.29, 1.82) is 0 Å². The van der Waals surface area contributed by atoms with Gasteiger partial charge in [-0.3, -0.25) is 0 Å². The Labute approximate surface area is 185 Å². The van der Waals surface area contributed by atoms with Crippen molar-refractivity contribution in [3.05, 3.63) is 95.5 Å². The topological polar surface area (TPSA) is 87.1 Å². The lowest BCUT2D eigenvalue weighted by Gasteiger charge is -2.10. The molecule has 0 radical (unpaired) electrons. The molecule has 0 fully saturated rings. The largest absolute Gasteiger partial charge is 0.324 e. The minimum atomic E-state index is 0.306. The summed E-state index contributed by atoms with van der Waals surface area (Å²) in [6.45, 7) is 1.89. The lowest BCUT2D eigenvalue weighted by molar-refractivity contribution is 1.04. The van der Waals surface area contributed by atoms with E-state index in [2.05, 4.69) is 36.1 Å². The second-order valence-corrected chi connectivity index (χ2v) is 7.04. The van der Waals surface area contributed by atoms with Crippen LogP contribution < -0.4 is 16.1 Å². The van der Waals surface area contributed by atoms with Gasteiger partial charge in [0, 0.05) is 16.4 Å². The van der Waals surface area contributed by atoms with Crippen LogP contribution in [-0.4, -0.2) is 20.7 Å². The number of hydrogen-bond donors (Lipinski definition) is 3. The van der Waals surface area contributed by atoms with Crippen LogP contribution >= 0.6 is 11.6 Å². The molecule has 7 nitrogen and oxygen atoms in total. The van der Waals surface area contributed by atoms with Gasteiger partial charge in [0.1, 0.15) is 0 Å². The Hall–Kier alpha value is -3.97. The molecule has 0 bridgehead atoms. The minimum Gasteiger partial charge on any atom is -0.324 e. The Balaban J connectivity index is 1.60. The van der Waals surface area contributed by atoms with E-state index in [9.17, 15) is 0 Å². The molecular weight excluding hydrogens is 410 g/mol. The maximum atomic E-state index is 5.96. The molecule has 1 heterocycles. The number of rotatable bonds is 7. The summed E-state index contributed by atoms with van der Waals surface area (Å²) in [5.41, 5.74) is 6.37. The fraction of sp³-hybridized carbons (Fsp3) is 0.0435. The monoisotopic (exact) mass is 429 g/mol. The van der Waals surface area contributed by atoms with Crippen molar-refractivity contribution in [2.75, 3.05) is 16.1 Å². The molecule has 3 aromatic carbocycles. The highest BCUT2D eigenvalue weighted by molar-refractivity contribution is 6.30. The third-order valence-electron chi connectivity index (χ3n) is 4.28. The fourth-order valence-corrected chi connectivity index (χ4v) is 2.85. The van der Waals surface area contributed by atoms with Gasteiger partial charge < -0.3 is 10.6 Å². The van der Waals surface area contributed by atoms with Crippen molar-refractivity contribution >= 4 is 46.5 Å². The molecule has 154 valence electrons. The lowest BCUT2D eigenvalue weighted by Crippen LogP contribution is -2.08. The summed E-state index contributed by atoms with van der Waals surface area (Å²) in [5.74, 6) is 1.09. The number of nitrogens with one attached hydrogen (secondary N) is 3. The van der Waals surface area contributed by atoms with Crippen molar-refractivity contribution in [3.63, 3.8) is 0 Å². The van der Waals surface area contributed by atoms with Gasteiger partial charge in [0.25, 0.3) is 0 Å². The number of benzene rings is 3. The van der Waals surface area contributed by atoms with Crippen LogP contribution in [0.4, 0.5) is 29.2 Å². The summed E-state index contributed by atoms with van der Waals surface area (Å²) in [5, 5.41) is 11.5. The van der Waals surface area contributed by atoms with Crippen molar-refractivity contribution in [1.82, 2.24) is 15.0 Å². The zero-order valence-corrected chi connectivity index (χ0v) is 17.5. The van der Waals surface area contributed by atoms with E-state index in [1.54, 1.807) is 0 Å². The number of aromatic nitrogens is 3. The molecule has 0 spiro atoms. The van der Waals surface area contributed by atoms with Crippen LogP contribution in [0.25, 0.3) is 0 Å². The number of hydrogen-bond acceptors (Lipinski definition) is 7. The Kier molecular flexibility index (Phi) is 6.35. The first-order valence-electron chi connectivity index (χ1n) is 9.62. The van der Waals surface area contributed by atoms with E-state index in [-0.39, 0.29) is 0 Å². The highest BCUT2D eigenvalue weighted by Gasteiger charge is 2.08. The molecule has 31 heavy (non-hydrogen) atoms. The molecule has 0 aliphatic heterocycles. The number of halogens is 1. The first-order valence-corrected chi connectivity index (χ1v) is 10.00. The highest BCUT2D eigenvalue weighted by atomic mass is 35.5. The fourth-order valence-electron chi connectivity index (χ4n) is 2.73. The predicted molar refractivity (Wildman–Crippen MR) is 127 cm³/mol. The number of hydrazone groups is 1. The van der Waals surface area contributed by atoms with E-state index in [0.29, 0.717) is 22.9 Å². The van der Waals surface area contributed by atoms with E-state index < -0.39 is 0 Å². The van der Waals surface area contributed by atoms with Crippen LogP contribution in [0.5, 0.6) is 0 Å². The van der Waals surface area contributed by atoms with E-state index in [0.717, 1.165) is 22.6 Å². The van der Waals surface area contributed by atoms with Crippen molar-refractivity contribution in [2.45, 2.75) is 6.92 Å². The maximum Gasteiger partial charge on any atom is 0.250 e. The molecule has 0 amide bonds. The molecule has 3 N–H and O–H groups in total. The summed E-state index contributed by atoms with van der Waals surface area (Å²) < 4.78 is 0. The zero-order chi connectivity index (χ0) is 21.5. The quantitative estimate of drug-likeness (QED) is 0.252. The van der Waals surface area contributed by atoms with Gasteiger partial charge in [-0.15, -0.1) is 0 Å². The van der Waals surface area contributed by atoms with E-state index >= 15 is 0 Å². The van der Waals surface area contributed by atoms with Crippen LogP contribution in [0.1, 0.15) is 12.5 Å². The Morgan fingerprint density at radius 2 is 1.16 bits per heavy atom. The second-order valence-electron chi connectivity index (χ2n) is 6.60. The van der Waals surface area contributed by atoms with Gasteiger partial charge in [0.2, 0.25) is 17.8 Å². The Bertz CT molecular complexity index is 1100. The molecule has 0 saturated heterocycles. The SMILES string of the molecule is C/C(=N\Nc1nc(Nc2ccccc2)nc(Nc2ccccc2)n1)c1ccc(Cl)cc1. The first kappa shape index (κ1) is 20.3. The number of nitrogens with zero attached hydrogens (tertiary/aromatic N) is 4. The molecule has 0 aliphatic carbocycles. The predicted octanol–water partition coefficient (Wildman–Crippen LogP) is 5.85. The van der Waals surface area contributed by atoms with Gasteiger partial charge >= 0.3 is 0 Å². The standard InChI is InChI=1S/C23H20ClN7/c1-16(17-12-14-18(24)15-13-17)30-31-23-28-21(25-19-8-4-2-5-9-19)27-22(29-23)26-20-10-6-3-7-11-20/h2-15H,1H3,(H3,25,26,27,28,29,31)/b30-16+. The van der Waals surface area contributed by atoms with Crippen LogP contribution in [0.2, 0.25) is 5.02 Å². The van der Waals surface area contributed by atoms with Crippen LogP contribution in [0, 0.1) is 0 Å². The Morgan fingerprint density at radius 3 is 1.68 bits per heavy atom. The van der Waals surface area contributed by atoms with Crippen molar-refractivity contribution in [2.24, 2.45) is 5.10 Å². The number of para-hydroxylation sites is 2. The van der Waals surface area contributed by atoms with E-state index in [1.807, 2.05) is 91.9 Å². The number of anilines is 5.